The fraction of sp³-hybridized carbons (Fsp3) is 0.286. The van der Waals surface area contributed by atoms with E-state index in [0.717, 1.165) is 12.0 Å². The first-order valence-electron chi connectivity index (χ1n) is 6.60. The van der Waals surface area contributed by atoms with Gasteiger partial charge in [-0.15, -0.1) is 0 Å². The van der Waals surface area contributed by atoms with Crippen LogP contribution < -0.4 is 5.32 Å². The Kier molecular flexibility index (Phi) is 6.90. The number of aliphatic carboxylic acids is 1. The van der Waals surface area contributed by atoms with Crippen LogP contribution in [-0.2, 0) is 11.2 Å². The topological polar surface area (TPSA) is 105 Å². The van der Waals surface area contributed by atoms with Crippen LogP contribution in [-0.4, -0.2) is 39.8 Å². The molecule has 0 atom stereocenters. The fourth-order valence-electron chi connectivity index (χ4n) is 1.43. The standard InChI is InChI=1S/C12H13N3O2.C2HF3O2/c1-9-7-11(15-17-9)12(16)14-6-4-10-3-2-5-13-8-10;3-2(4,5)1(6)7/h2-3,5,7-8H,4,6H2,1H3,(H,14,16);(H,6,7). The van der Waals surface area contributed by atoms with Gasteiger partial charge >= 0.3 is 12.1 Å². The second-order valence-corrected chi connectivity index (χ2v) is 4.49. The van der Waals surface area contributed by atoms with E-state index in [1.165, 1.54) is 0 Å². The maximum Gasteiger partial charge on any atom is 0.490 e. The molecular formula is C14H14F3N3O4. The third-order valence-corrected chi connectivity index (χ3v) is 2.53. The Hall–Kier alpha value is -2.91. The number of pyridine rings is 1. The number of nitrogens with one attached hydrogen (secondary N) is 1. The van der Waals surface area contributed by atoms with Crippen molar-refractivity contribution in [1.82, 2.24) is 15.5 Å². The van der Waals surface area contributed by atoms with Crippen LogP contribution in [0.5, 0.6) is 0 Å². The Morgan fingerprint density at radius 1 is 1.38 bits per heavy atom. The maximum absolute atomic E-state index is 11.6. The summed E-state index contributed by atoms with van der Waals surface area (Å²) in [6, 6.07) is 5.46. The van der Waals surface area contributed by atoms with Crippen LogP contribution in [0.1, 0.15) is 21.8 Å². The summed E-state index contributed by atoms with van der Waals surface area (Å²) < 4.78 is 36.6. The minimum atomic E-state index is -5.08. The molecule has 2 rings (SSSR count). The van der Waals surface area contributed by atoms with Crippen molar-refractivity contribution in [1.29, 1.82) is 0 Å². The quantitative estimate of drug-likeness (QED) is 0.878. The minimum absolute atomic E-state index is 0.217. The van der Waals surface area contributed by atoms with Crippen molar-refractivity contribution < 1.29 is 32.4 Å². The SMILES string of the molecule is Cc1cc(C(=O)NCCc2cccnc2)no1.O=C(O)C(F)(F)F. The van der Waals surface area contributed by atoms with Gasteiger partial charge in [0, 0.05) is 25.0 Å². The van der Waals surface area contributed by atoms with Gasteiger partial charge in [0.15, 0.2) is 5.69 Å². The second-order valence-electron chi connectivity index (χ2n) is 4.49. The van der Waals surface area contributed by atoms with Crippen molar-refractivity contribution in [3.05, 3.63) is 47.6 Å². The molecule has 0 aromatic carbocycles. The summed E-state index contributed by atoms with van der Waals surface area (Å²) in [7, 11) is 0. The predicted octanol–water partition coefficient (Wildman–Crippen LogP) is 1.98. The molecule has 7 nitrogen and oxygen atoms in total. The summed E-state index contributed by atoms with van der Waals surface area (Å²) in [4.78, 5) is 24.5. The number of aryl methyl sites for hydroxylation is 1. The van der Waals surface area contributed by atoms with Crippen molar-refractivity contribution in [3.63, 3.8) is 0 Å². The molecule has 0 fully saturated rings. The predicted molar refractivity (Wildman–Crippen MR) is 75.2 cm³/mol. The number of carbonyl (C=O) groups is 2. The van der Waals surface area contributed by atoms with Crippen LogP contribution in [0, 0.1) is 6.92 Å². The van der Waals surface area contributed by atoms with Crippen LogP contribution >= 0.6 is 0 Å². The molecule has 24 heavy (non-hydrogen) atoms. The number of hydrogen-bond acceptors (Lipinski definition) is 5. The third-order valence-electron chi connectivity index (χ3n) is 2.53. The highest BCUT2D eigenvalue weighted by molar-refractivity contribution is 5.92. The first kappa shape index (κ1) is 19.1. The van der Waals surface area contributed by atoms with E-state index in [-0.39, 0.29) is 5.91 Å². The zero-order valence-corrected chi connectivity index (χ0v) is 12.5. The van der Waals surface area contributed by atoms with E-state index in [2.05, 4.69) is 15.5 Å². The van der Waals surface area contributed by atoms with Crippen LogP contribution in [0.2, 0.25) is 0 Å². The highest BCUT2D eigenvalue weighted by Crippen LogP contribution is 2.13. The largest absolute Gasteiger partial charge is 0.490 e. The summed E-state index contributed by atoms with van der Waals surface area (Å²) in [5, 5.41) is 13.5. The summed E-state index contributed by atoms with van der Waals surface area (Å²) in [6.45, 7) is 2.30. The van der Waals surface area contributed by atoms with Gasteiger partial charge in [0.05, 0.1) is 0 Å². The lowest BCUT2D eigenvalue weighted by atomic mass is 10.2. The lowest BCUT2D eigenvalue weighted by molar-refractivity contribution is -0.192. The molecule has 2 heterocycles. The van der Waals surface area contributed by atoms with Crippen molar-refractivity contribution in [2.45, 2.75) is 19.5 Å². The van der Waals surface area contributed by atoms with Crippen LogP contribution in [0.3, 0.4) is 0 Å². The van der Waals surface area contributed by atoms with Gasteiger partial charge in [0.2, 0.25) is 0 Å². The van der Waals surface area contributed by atoms with Gasteiger partial charge in [-0.2, -0.15) is 13.2 Å². The van der Waals surface area contributed by atoms with Gasteiger partial charge in [-0.05, 0) is 25.0 Å². The van der Waals surface area contributed by atoms with E-state index in [1.54, 1.807) is 25.4 Å². The highest BCUT2D eigenvalue weighted by Gasteiger charge is 2.38. The van der Waals surface area contributed by atoms with Gasteiger partial charge < -0.3 is 14.9 Å². The summed E-state index contributed by atoms with van der Waals surface area (Å²) in [6.07, 6.45) is -0.830. The molecule has 0 unspecified atom stereocenters. The van der Waals surface area contributed by atoms with Crippen LogP contribution in [0.25, 0.3) is 0 Å². The van der Waals surface area contributed by atoms with E-state index < -0.39 is 12.1 Å². The number of halogens is 3. The van der Waals surface area contributed by atoms with E-state index in [4.69, 9.17) is 14.4 Å². The number of rotatable bonds is 4. The first-order valence-corrected chi connectivity index (χ1v) is 6.60. The second kappa shape index (κ2) is 8.65. The molecule has 0 bridgehead atoms. The maximum atomic E-state index is 11.6. The Labute approximate surface area is 134 Å². The molecule has 0 saturated carbocycles. The molecule has 2 N–H and O–H groups in total. The lowest BCUT2D eigenvalue weighted by Crippen LogP contribution is -2.25. The number of nitrogens with zero attached hydrogens (tertiary/aromatic N) is 2. The Balaban J connectivity index is 0.000000351. The number of carboxylic acids is 1. The summed E-state index contributed by atoms with van der Waals surface area (Å²) >= 11 is 0. The zero-order chi connectivity index (χ0) is 18.2. The molecule has 0 aliphatic carbocycles. The van der Waals surface area contributed by atoms with Gasteiger partial charge in [0.25, 0.3) is 5.91 Å². The fourth-order valence-corrected chi connectivity index (χ4v) is 1.43. The molecule has 0 saturated heterocycles. The van der Waals surface area contributed by atoms with Crippen LogP contribution in [0.15, 0.2) is 35.1 Å². The number of alkyl halides is 3. The van der Waals surface area contributed by atoms with Gasteiger partial charge in [0.1, 0.15) is 5.76 Å². The van der Waals surface area contributed by atoms with Crippen molar-refractivity contribution >= 4 is 11.9 Å². The van der Waals surface area contributed by atoms with E-state index in [9.17, 15) is 18.0 Å². The van der Waals surface area contributed by atoms with Gasteiger partial charge in [-0.25, -0.2) is 4.79 Å². The average molecular weight is 345 g/mol. The number of aromatic nitrogens is 2. The van der Waals surface area contributed by atoms with Gasteiger partial charge in [-0.1, -0.05) is 11.2 Å². The molecule has 0 aliphatic heterocycles. The van der Waals surface area contributed by atoms with E-state index >= 15 is 0 Å². The monoisotopic (exact) mass is 345 g/mol. The molecule has 1 amide bonds. The van der Waals surface area contributed by atoms with Crippen LogP contribution in [0.4, 0.5) is 13.2 Å². The molecule has 0 radical (unpaired) electrons. The summed E-state index contributed by atoms with van der Waals surface area (Å²) in [5.74, 6) is -2.35. The third kappa shape index (κ3) is 6.90. The number of carboxylic acid groups (broad SMARTS) is 1. The molecule has 2 aromatic rings. The zero-order valence-electron chi connectivity index (χ0n) is 12.5. The molecule has 2 aromatic heterocycles. The number of hydrogen-bond donors (Lipinski definition) is 2. The molecular weight excluding hydrogens is 331 g/mol. The summed E-state index contributed by atoms with van der Waals surface area (Å²) in [5.41, 5.74) is 1.40. The van der Waals surface area contributed by atoms with Crippen molar-refractivity contribution in [2.24, 2.45) is 0 Å². The Bertz CT molecular complexity index is 671. The van der Waals surface area contributed by atoms with Crippen molar-refractivity contribution in [3.8, 4) is 0 Å². The number of carbonyl (C=O) groups excluding carboxylic acids is 1. The first-order chi connectivity index (χ1) is 11.2. The Morgan fingerprint density at radius 3 is 2.50 bits per heavy atom. The minimum Gasteiger partial charge on any atom is -0.475 e. The molecule has 10 heteroatoms. The van der Waals surface area contributed by atoms with E-state index in [0.29, 0.717) is 18.0 Å². The van der Waals surface area contributed by atoms with Crippen molar-refractivity contribution in [2.75, 3.05) is 6.54 Å². The van der Waals surface area contributed by atoms with Gasteiger partial charge in [-0.3, -0.25) is 9.78 Å². The smallest absolute Gasteiger partial charge is 0.475 e. The highest BCUT2D eigenvalue weighted by atomic mass is 19.4. The Morgan fingerprint density at radius 2 is 2.04 bits per heavy atom. The lowest BCUT2D eigenvalue weighted by Gasteiger charge is -2.02. The molecule has 0 aliphatic rings. The normalized spacial score (nSPS) is 10.5. The average Bonchev–Trinajstić information content (AvgIpc) is 2.94. The van der Waals surface area contributed by atoms with E-state index in [1.807, 2.05) is 12.1 Å². The molecule has 0 spiro atoms. The molecule has 130 valence electrons. The number of amides is 1.